The average molecular weight is 1530 g/mol. The van der Waals surface area contributed by atoms with E-state index in [1.807, 2.05) is 164 Å². The van der Waals surface area contributed by atoms with Gasteiger partial charge in [0.2, 0.25) is 17.7 Å². The normalized spacial score (nSPS) is 25.1. The van der Waals surface area contributed by atoms with Gasteiger partial charge in [-0.3, -0.25) is 29.3 Å². The number of likely N-dealkylation sites (tertiary alicyclic amines) is 3. The first-order chi connectivity index (χ1) is 50.7. The van der Waals surface area contributed by atoms with Crippen molar-refractivity contribution in [3.05, 3.63) is 337 Å². The minimum absolute atomic E-state index is 0. The van der Waals surface area contributed by atoms with Crippen LogP contribution in [-0.2, 0) is 14.4 Å². The summed E-state index contributed by atoms with van der Waals surface area (Å²) in [6.07, 6.45) is 21.7. The number of aromatic nitrogens is 3. The van der Waals surface area contributed by atoms with Gasteiger partial charge in [0.1, 0.15) is 0 Å². The molecule has 3 unspecified atom stereocenters. The fourth-order valence-corrected chi connectivity index (χ4v) is 18.3. The van der Waals surface area contributed by atoms with Crippen LogP contribution in [0.2, 0.25) is 30.1 Å². The van der Waals surface area contributed by atoms with E-state index in [0.717, 1.165) is 89.0 Å². The quantitative estimate of drug-likeness (QED) is 0.0665. The molecule has 0 spiro atoms. The Balaban J connectivity index is 0.000000148. The van der Waals surface area contributed by atoms with Crippen LogP contribution in [0.1, 0.15) is 210 Å². The molecule has 3 amide bonds. The maximum atomic E-state index is 14.5. The number of halogens is 6. The fourth-order valence-electron chi connectivity index (χ4n) is 17.3. The average Bonchev–Trinajstić information content (AvgIpc) is 1.14. The van der Waals surface area contributed by atoms with E-state index in [-0.39, 0.29) is 79.2 Å². The van der Waals surface area contributed by atoms with Crippen LogP contribution >= 0.6 is 69.6 Å². The van der Waals surface area contributed by atoms with Crippen LogP contribution in [0, 0.1) is 34.0 Å². The predicted molar refractivity (Wildman–Crippen MR) is 434 cm³/mol. The monoisotopic (exact) mass is 1530 g/mol. The summed E-state index contributed by atoms with van der Waals surface area (Å²) in [7, 11) is 0. The summed E-state index contributed by atoms with van der Waals surface area (Å²) in [6.45, 7) is 18.2. The van der Waals surface area contributed by atoms with E-state index in [9.17, 15) is 14.4 Å². The van der Waals surface area contributed by atoms with E-state index in [2.05, 4.69) is 128 Å². The lowest BCUT2D eigenvalue weighted by molar-refractivity contribution is -0.156. The molecule has 106 heavy (non-hydrogen) atoms. The van der Waals surface area contributed by atoms with Crippen molar-refractivity contribution in [2.45, 2.75) is 159 Å². The van der Waals surface area contributed by atoms with Crippen molar-refractivity contribution in [1.82, 2.24) is 29.7 Å². The number of allylic oxidation sites excluding steroid dienone is 3. The van der Waals surface area contributed by atoms with Gasteiger partial charge in [-0.2, -0.15) is 0 Å². The molecule has 0 radical (unpaired) electrons. The zero-order valence-electron chi connectivity index (χ0n) is 59.7. The Labute approximate surface area is 657 Å². The molecule has 6 fully saturated rings. The van der Waals surface area contributed by atoms with Crippen molar-refractivity contribution >= 4 is 87.3 Å². The summed E-state index contributed by atoms with van der Waals surface area (Å²) < 4.78 is 0. The maximum absolute atomic E-state index is 14.5. The van der Waals surface area contributed by atoms with Crippen LogP contribution in [0.15, 0.2) is 257 Å². The first kappa shape index (κ1) is 77.7. The molecule has 548 valence electrons. The molecule has 3 aliphatic heterocycles. The highest BCUT2D eigenvalue weighted by atomic mass is 35.5. The van der Waals surface area contributed by atoms with Gasteiger partial charge < -0.3 is 14.7 Å². The lowest BCUT2D eigenvalue weighted by atomic mass is 9.66. The highest BCUT2D eigenvalue weighted by molar-refractivity contribution is 6.32. The van der Waals surface area contributed by atoms with Gasteiger partial charge in [-0.15, -0.1) is 19.7 Å². The minimum atomic E-state index is -0.570. The van der Waals surface area contributed by atoms with Crippen molar-refractivity contribution < 1.29 is 14.4 Å². The van der Waals surface area contributed by atoms with Gasteiger partial charge in [0, 0.05) is 66.5 Å². The van der Waals surface area contributed by atoms with Gasteiger partial charge >= 0.3 is 0 Å². The molecule has 15 heteroatoms. The molecule has 6 aliphatic rings. The highest BCUT2D eigenvalue weighted by Crippen LogP contribution is 2.61. The number of amides is 3. The Morgan fingerprint density at radius 3 is 0.821 bits per heavy atom. The smallest absolute Gasteiger partial charge is 0.229 e. The molecule has 3 aliphatic carbocycles. The van der Waals surface area contributed by atoms with Gasteiger partial charge in [0.15, 0.2) is 0 Å². The molecular formula is C91H94Cl6N6O3. The van der Waals surface area contributed by atoms with Crippen LogP contribution in [0.3, 0.4) is 0 Å². The first-order valence-corrected chi connectivity index (χ1v) is 39.1. The van der Waals surface area contributed by atoms with Gasteiger partial charge in [-0.25, -0.2) is 0 Å². The third-order valence-electron chi connectivity index (χ3n) is 22.6. The lowest BCUT2D eigenvalue weighted by Crippen LogP contribution is -2.53. The molecule has 3 aromatic heterocycles. The first-order valence-electron chi connectivity index (χ1n) is 36.8. The van der Waals surface area contributed by atoms with E-state index in [4.69, 9.17) is 84.6 Å². The van der Waals surface area contributed by atoms with E-state index >= 15 is 0 Å². The third-order valence-corrected chi connectivity index (χ3v) is 24.1. The predicted octanol–water partition coefficient (Wildman–Crippen LogP) is 25.2. The third kappa shape index (κ3) is 17.0. The van der Waals surface area contributed by atoms with Gasteiger partial charge in [0.25, 0.3) is 0 Å². The van der Waals surface area contributed by atoms with Crippen LogP contribution < -0.4 is 0 Å². The zero-order chi connectivity index (χ0) is 73.7. The minimum Gasteiger partial charge on any atom is -0.326 e. The maximum Gasteiger partial charge on any atom is 0.229 e. The number of nitrogens with zero attached hydrogens (tertiary/aromatic N) is 6. The molecule has 9 aromatic rings. The van der Waals surface area contributed by atoms with Gasteiger partial charge in [-0.1, -0.05) is 207 Å². The molecule has 12 atom stereocenters. The lowest BCUT2D eigenvalue weighted by Gasteiger charge is -2.52. The number of benzene rings is 6. The van der Waals surface area contributed by atoms with Crippen molar-refractivity contribution in [3.8, 4) is 0 Å². The number of pyridine rings is 3. The van der Waals surface area contributed by atoms with Crippen molar-refractivity contribution in [2.24, 2.45) is 34.0 Å². The number of rotatable bonds is 21. The Bertz CT molecular complexity index is 4080. The molecule has 3 saturated heterocycles. The van der Waals surface area contributed by atoms with Gasteiger partial charge in [-0.05, 0) is 237 Å². The van der Waals surface area contributed by atoms with Crippen molar-refractivity contribution in [2.75, 3.05) is 0 Å². The number of carbonyl (C=O) groups is 3. The standard InChI is InChI=1S/3C30H30Cl2N2O.CH4/c3*1-3-16-30(2)19-25(22-7-6-8-24(32)18-22)27(20-12-14-23(31)15-13-20)34(29(30)35)28(21-10-11-21)26-9-4-5-17-33-26;/h3*3-9,12-15,17-18,21,25,27-28H,1,10-11,16,19H2,2H3;1H4/t2*25-,27-,28+,30?;25-,27-,28-,30?;/m111./s1. The van der Waals surface area contributed by atoms with Crippen molar-refractivity contribution in [3.63, 3.8) is 0 Å². The Kier molecular flexibility index (Phi) is 24.7. The molecule has 0 N–H and O–H groups in total. The molecule has 15 rings (SSSR count). The molecule has 0 bridgehead atoms. The van der Waals surface area contributed by atoms with E-state index < -0.39 is 16.2 Å². The van der Waals surface area contributed by atoms with E-state index in [0.29, 0.717) is 86.4 Å². The van der Waals surface area contributed by atoms with Crippen LogP contribution in [0.25, 0.3) is 0 Å². The van der Waals surface area contributed by atoms with Crippen LogP contribution in [0.4, 0.5) is 0 Å². The fraction of sp³-hybridized carbons (Fsp3) is 0.341. The summed E-state index contributed by atoms with van der Waals surface area (Å²) in [5.41, 5.74) is 7.81. The summed E-state index contributed by atoms with van der Waals surface area (Å²) in [5, 5.41) is 4.16. The van der Waals surface area contributed by atoms with E-state index in [1.165, 1.54) is 0 Å². The topological polar surface area (TPSA) is 99.6 Å². The van der Waals surface area contributed by atoms with Crippen LogP contribution in [0.5, 0.6) is 0 Å². The Morgan fingerprint density at radius 1 is 0.358 bits per heavy atom. The van der Waals surface area contributed by atoms with Crippen molar-refractivity contribution in [1.29, 1.82) is 0 Å². The molecule has 6 heterocycles. The molecule has 9 nitrogen and oxygen atoms in total. The second-order valence-electron chi connectivity index (χ2n) is 30.5. The van der Waals surface area contributed by atoms with Gasteiger partial charge in [0.05, 0.1) is 69.6 Å². The molecule has 6 aromatic carbocycles. The van der Waals surface area contributed by atoms with Crippen LogP contribution in [-0.4, -0.2) is 47.4 Å². The number of hydrogen-bond acceptors (Lipinski definition) is 6. The van der Waals surface area contributed by atoms with E-state index in [1.54, 1.807) is 0 Å². The Morgan fingerprint density at radius 2 is 0.613 bits per heavy atom. The summed E-state index contributed by atoms with van der Waals surface area (Å²) in [4.78, 5) is 64.1. The summed E-state index contributed by atoms with van der Waals surface area (Å²) in [5.74, 6) is 1.86. The summed E-state index contributed by atoms with van der Waals surface area (Å²) >= 11 is 38.2. The number of carbonyl (C=O) groups excluding carboxylic acids is 3. The number of hydrogen-bond donors (Lipinski definition) is 0. The Hall–Kier alpha value is -7.86. The summed E-state index contributed by atoms with van der Waals surface area (Å²) in [6, 6.07) is 65.3. The second kappa shape index (κ2) is 33.7. The zero-order valence-corrected chi connectivity index (χ0v) is 64.3. The second-order valence-corrected chi connectivity index (χ2v) is 33.1. The largest absolute Gasteiger partial charge is 0.326 e. The highest BCUT2D eigenvalue weighted by Gasteiger charge is 2.58. The molecule has 3 saturated carbocycles. The number of piperidine rings is 3. The molecular weight excluding hydrogens is 1440 g/mol. The SMILES string of the molecule is C.C=CCC1(C)C[C@H](c2cccc(Cl)c2)[C@@H](c2ccc(Cl)cc2)N([C@@H](c2ccccn2)C2CC2)C1=O.C=CCC1(C)C[C@H](c2cccc(Cl)c2)[C@@H](c2ccc(Cl)cc2)N([C@H](c2ccccn2)C2CC2)C1=O.C=CCC1(C)C[C@H](c2cccc(Cl)c2)[C@@H](c2ccc(Cl)cc2)N([C@H](c2ccccn2)C2CC2)C1=O.